The van der Waals surface area contributed by atoms with Gasteiger partial charge < -0.3 is 26.0 Å². The molecule has 160 valence electrons. The maximum atomic E-state index is 12.0. The number of carbonyl (C=O) groups is 2. The molecule has 4 rings (SSSR count). The van der Waals surface area contributed by atoms with Gasteiger partial charge in [0.1, 0.15) is 0 Å². The minimum atomic E-state index is -0.979. The largest absolute Gasteiger partial charge is 0.478 e. The predicted molar refractivity (Wildman–Crippen MR) is 116 cm³/mol. The quantitative estimate of drug-likeness (QED) is 0.482. The molecule has 0 radical (unpaired) electrons. The van der Waals surface area contributed by atoms with Gasteiger partial charge in [0, 0.05) is 43.2 Å². The second-order valence-electron chi connectivity index (χ2n) is 7.86. The van der Waals surface area contributed by atoms with E-state index in [1.54, 1.807) is 24.5 Å². The van der Waals surface area contributed by atoms with Crippen LogP contribution in [0.25, 0.3) is 11.3 Å². The number of nitrogens with one attached hydrogen (secondary N) is 3. The summed E-state index contributed by atoms with van der Waals surface area (Å²) in [6, 6.07) is 6.66. The Kier molecular flexibility index (Phi) is 5.66. The molecule has 0 bridgehead atoms. The Morgan fingerprint density at radius 1 is 1.23 bits per heavy atom. The van der Waals surface area contributed by atoms with Gasteiger partial charge in [-0.05, 0) is 37.5 Å². The molecule has 1 amide bonds. The van der Waals surface area contributed by atoms with E-state index in [0.717, 1.165) is 24.0 Å². The number of allylic oxidation sites excluding steroid dienone is 1. The number of aromatic carboxylic acids is 1. The van der Waals surface area contributed by atoms with Crippen LogP contribution in [0, 0.1) is 18.3 Å². The van der Waals surface area contributed by atoms with Gasteiger partial charge >= 0.3 is 5.97 Å². The van der Waals surface area contributed by atoms with Crippen LogP contribution in [0.4, 0.5) is 5.95 Å². The Morgan fingerprint density at radius 2 is 1.94 bits per heavy atom. The second kappa shape index (κ2) is 8.55. The summed E-state index contributed by atoms with van der Waals surface area (Å²) in [4.78, 5) is 33.7. The fraction of sp³-hybridized carbons (Fsp3) is 0.318. The number of carbonyl (C=O) groups excluding carboxylic acids is 1. The molecule has 1 saturated carbocycles. The molecule has 9 nitrogen and oxygen atoms in total. The molecule has 0 spiro atoms. The zero-order chi connectivity index (χ0) is 22.0. The number of carboxylic acids is 1. The summed E-state index contributed by atoms with van der Waals surface area (Å²) >= 11 is 0. The van der Waals surface area contributed by atoms with Crippen molar-refractivity contribution in [2.75, 3.05) is 18.4 Å². The van der Waals surface area contributed by atoms with Gasteiger partial charge in [0.25, 0.3) is 0 Å². The van der Waals surface area contributed by atoms with Crippen molar-refractivity contribution in [3.05, 3.63) is 53.5 Å². The summed E-state index contributed by atoms with van der Waals surface area (Å²) < 4.78 is 0. The average molecular weight is 420 g/mol. The number of aryl methyl sites for hydroxylation is 1. The highest BCUT2D eigenvalue weighted by Crippen LogP contribution is 2.32. The summed E-state index contributed by atoms with van der Waals surface area (Å²) in [7, 11) is 0. The van der Waals surface area contributed by atoms with Crippen LogP contribution in [0.2, 0.25) is 0 Å². The summed E-state index contributed by atoms with van der Waals surface area (Å²) in [5.41, 5.74) is 3.01. The lowest BCUT2D eigenvalue weighted by Gasteiger charge is -2.39. The summed E-state index contributed by atoms with van der Waals surface area (Å²) in [6.07, 6.45) is 6.57. The minimum Gasteiger partial charge on any atom is -0.478 e. The molecule has 0 unspecified atom stereocenters. The number of hydrogen-bond acceptors (Lipinski definition) is 7. The Balaban J connectivity index is 1.40. The third-order valence-electron chi connectivity index (χ3n) is 5.38. The molecule has 1 aromatic carbocycles. The fourth-order valence-electron chi connectivity index (χ4n) is 3.37. The first-order valence-electron chi connectivity index (χ1n) is 10.1. The highest BCUT2D eigenvalue weighted by Gasteiger charge is 2.38. The van der Waals surface area contributed by atoms with Gasteiger partial charge in [0.05, 0.1) is 23.0 Å². The molecule has 4 N–H and O–H groups in total. The van der Waals surface area contributed by atoms with Crippen LogP contribution in [0.3, 0.4) is 0 Å². The van der Waals surface area contributed by atoms with Crippen LogP contribution in [-0.2, 0) is 4.79 Å². The number of anilines is 1. The molecule has 1 aromatic heterocycles. The molecule has 2 aliphatic rings. The summed E-state index contributed by atoms with van der Waals surface area (Å²) in [5.74, 6) is -0.153. The van der Waals surface area contributed by atoms with E-state index in [9.17, 15) is 9.59 Å². The second-order valence-corrected chi connectivity index (χ2v) is 7.86. The van der Waals surface area contributed by atoms with Crippen LogP contribution in [-0.4, -0.2) is 57.2 Å². The van der Waals surface area contributed by atoms with Crippen LogP contribution >= 0.6 is 0 Å². The Hall–Kier alpha value is -3.75. The molecule has 1 aliphatic heterocycles. The van der Waals surface area contributed by atoms with Gasteiger partial charge in [0.2, 0.25) is 11.9 Å². The van der Waals surface area contributed by atoms with Crippen molar-refractivity contribution < 1.29 is 14.7 Å². The first-order valence-corrected chi connectivity index (χ1v) is 10.1. The molecule has 31 heavy (non-hydrogen) atoms. The van der Waals surface area contributed by atoms with E-state index >= 15 is 0 Å². The Morgan fingerprint density at radius 3 is 2.55 bits per heavy atom. The number of rotatable bonds is 8. The lowest BCUT2D eigenvalue weighted by molar-refractivity contribution is -0.137. The molecule has 2 aromatic rings. The zero-order valence-corrected chi connectivity index (χ0v) is 17.1. The van der Waals surface area contributed by atoms with Crippen LogP contribution in [0.5, 0.6) is 0 Å². The number of aromatic nitrogens is 2. The molecular formula is C22H24N6O3. The van der Waals surface area contributed by atoms with E-state index in [1.807, 2.05) is 11.8 Å². The van der Waals surface area contributed by atoms with Crippen molar-refractivity contribution in [2.45, 2.75) is 25.8 Å². The van der Waals surface area contributed by atoms with Crippen molar-refractivity contribution in [3.8, 4) is 11.3 Å². The molecule has 9 heteroatoms. The topological polar surface area (TPSA) is 131 Å². The lowest BCUT2D eigenvalue weighted by Crippen LogP contribution is -2.59. The van der Waals surface area contributed by atoms with Gasteiger partial charge in [-0.15, -0.1) is 0 Å². The Bertz CT molecular complexity index is 1040. The van der Waals surface area contributed by atoms with E-state index in [4.69, 9.17) is 10.5 Å². The first-order chi connectivity index (χ1) is 14.9. The van der Waals surface area contributed by atoms with Crippen molar-refractivity contribution in [1.29, 1.82) is 5.41 Å². The van der Waals surface area contributed by atoms with Gasteiger partial charge in [0.15, 0.2) is 0 Å². The number of hydrogen-bond donors (Lipinski definition) is 4. The maximum Gasteiger partial charge on any atom is 0.335 e. The van der Waals surface area contributed by atoms with Gasteiger partial charge in [-0.25, -0.2) is 14.8 Å². The third kappa shape index (κ3) is 4.71. The monoisotopic (exact) mass is 420 g/mol. The van der Waals surface area contributed by atoms with Crippen LogP contribution in [0.15, 0.2) is 42.4 Å². The summed E-state index contributed by atoms with van der Waals surface area (Å²) in [6.45, 7) is 3.23. The third-order valence-corrected chi connectivity index (χ3v) is 5.38. The lowest BCUT2D eigenvalue weighted by atomic mass is 10.1. The number of amides is 1. The van der Waals surface area contributed by atoms with E-state index in [2.05, 4.69) is 20.6 Å². The normalized spacial score (nSPS) is 16.4. The SMILES string of the molecule is Cc1cnc(N/C(C=N)=C/NC2CN(C(=O)C3CC3)C2)nc1-c1ccc(C(=O)O)cc1. The minimum absolute atomic E-state index is 0.168. The molecule has 0 atom stereocenters. The molecular weight excluding hydrogens is 396 g/mol. The van der Waals surface area contributed by atoms with Crippen molar-refractivity contribution in [3.63, 3.8) is 0 Å². The van der Waals surface area contributed by atoms with Gasteiger partial charge in [-0.2, -0.15) is 0 Å². The average Bonchev–Trinajstić information content (AvgIpc) is 3.58. The number of likely N-dealkylation sites (tertiary alicyclic amines) is 1. The van der Waals surface area contributed by atoms with Crippen LogP contribution < -0.4 is 10.6 Å². The van der Waals surface area contributed by atoms with Crippen molar-refractivity contribution >= 4 is 24.0 Å². The Labute approximate surface area is 179 Å². The number of benzene rings is 1. The predicted octanol–water partition coefficient (Wildman–Crippen LogP) is 2.26. The van der Waals surface area contributed by atoms with Gasteiger partial charge in [-0.1, -0.05) is 12.1 Å². The summed E-state index contributed by atoms with van der Waals surface area (Å²) in [5, 5.41) is 23.0. The zero-order valence-electron chi connectivity index (χ0n) is 17.1. The first kappa shape index (κ1) is 20.5. The van der Waals surface area contributed by atoms with Gasteiger partial charge in [-0.3, -0.25) is 4.79 Å². The molecule has 1 aliphatic carbocycles. The smallest absolute Gasteiger partial charge is 0.335 e. The fourth-order valence-corrected chi connectivity index (χ4v) is 3.37. The molecule has 1 saturated heterocycles. The number of nitrogens with zero attached hydrogens (tertiary/aromatic N) is 3. The van der Waals surface area contributed by atoms with E-state index in [-0.39, 0.29) is 23.4 Å². The van der Waals surface area contributed by atoms with E-state index in [1.165, 1.54) is 18.3 Å². The van der Waals surface area contributed by atoms with Crippen molar-refractivity contribution in [1.82, 2.24) is 20.2 Å². The van der Waals surface area contributed by atoms with Crippen molar-refractivity contribution in [2.24, 2.45) is 5.92 Å². The molecule has 2 fully saturated rings. The van der Waals surface area contributed by atoms with E-state index < -0.39 is 5.97 Å². The van der Waals surface area contributed by atoms with Crippen LogP contribution in [0.1, 0.15) is 28.8 Å². The highest BCUT2D eigenvalue weighted by molar-refractivity contribution is 5.88. The standard InChI is InChI=1S/C22H24N6O3/c1-13-9-25-22(27-19(13)14-2-6-16(7-3-14)21(30)31)26-17(8-23)10-24-18-11-28(12-18)20(29)15-4-5-15/h2-3,6-10,15,18,23-24H,4-5,11-12H2,1H3,(H,30,31)(H,25,26,27)/b17-10+,23-8?. The van der Waals surface area contributed by atoms with E-state index in [0.29, 0.717) is 30.4 Å². The maximum absolute atomic E-state index is 12.0. The number of carboxylic acid groups (broad SMARTS) is 1. The molecule has 2 heterocycles. The highest BCUT2D eigenvalue weighted by atomic mass is 16.4.